The molecule has 3 aromatic rings. The molecule has 170 valence electrons. The van der Waals surface area contributed by atoms with Crippen molar-refractivity contribution in [3.05, 3.63) is 70.2 Å². The lowest BCUT2D eigenvalue weighted by atomic mass is 10.0. The first-order valence-corrected chi connectivity index (χ1v) is 12.5. The van der Waals surface area contributed by atoms with Crippen molar-refractivity contribution < 1.29 is 22.0 Å². The number of nitrogens with one attached hydrogen (secondary N) is 2. The highest BCUT2D eigenvalue weighted by Gasteiger charge is 2.20. The molecule has 0 bridgehead atoms. The molecule has 1 amide bonds. The monoisotopic (exact) mass is 479 g/mol. The number of hydrogen-bond donors (Lipinski definition) is 2. The van der Waals surface area contributed by atoms with Crippen molar-refractivity contribution in [2.24, 2.45) is 0 Å². The number of nitrogens with zero attached hydrogens (tertiary/aromatic N) is 1. The van der Waals surface area contributed by atoms with E-state index < -0.39 is 39.3 Å². The number of aromatic nitrogens is 1. The topological polar surface area (TPSA) is 88.2 Å². The molecule has 0 spiro atoms. The number of halogens is 2. The highest BCUT2D eigenvalue weighted by Crippen LogP contribution is 2.28. The van der Waals surface area contributed by atoms with Gasteiger partial charge < -0.3 is 5.32 Å². The second kappa shape index (κ2) is 9.33. The van der Waals surface area contributed by atoms with Gasteiger partial charge in [0.1, 0.15) is 16.4 Å². The van der Waals surface area contributed by atoms with E-state index in [1.807, 2.05) is 24.3 Å². The van der Waals surface area contributed by atoms with Gasteiger partial charge in [0, 0.05) is 10.9 Å². The van der Waals surface area contributed by atoms with Crippen molar-refractivity contribution in [1.29, 1.82) is 0 Å². The smallest absolute Gasteiger partial charge is 0.271 e. The van der Waals surface area contributed by atoms with Gasteiger partial charge in [-0.3, -0.25) is 9.52 Å². The van der Waals surface area contributed by atoms with Gasteiger partial charge in [0.25, 0.3) is 5.91 Å². The highest BCUT2D eigenvalue weighted by molar-refractivity contribution is 7.92. The quantitative estimate of drug-likeness (QED) is 0.495. The van der Waals surface area contributed by atoms with Crippen molar-refractivity contribution in [2.75, 3.05) is 11.0 Å². The molecule has 0 radical (unpaired) electrons. The summed E-state index contributed by atoms with van der Waals surface area (Å²) in [7, 11) is -3.85. The summed E-state index contributed by atoms with van der Waals surface area (Å²) in [5, 5.41) is 4.98. The number of sulfonamides is 1. The van der Waals surface area contributed by atoms with Crippen LogP contribution in [0.5, 0.6) is 0 Å². The lowest BCUT2D eigenvalue weighted by molar-refractivity contribution is 0.0935. The molecular formula is C22H23F2N3O3S2. The summed E-state index contributed by atoms with van der Waals surface area (Å²) in [5.74, 6) is -2.28. The average molecular weight is 480 g/mol. The first-order chi connectivity index (χ1) is 14.9. The molecule has 0 saturated carbocycles. The second-order valence-corrected chi connectivity index (χ2v) is 10.4. The lowest BCUT2D eigenvalue weighted by Gasteiger charge is -2.15. The van der Waals surface area contributed by atoms with Gasteiger partial charge in [-0.05, 0) is 42.2 Å². The molecule has 1 heterocycles. The Morgan fingerprint density at radius 1 is 1.06 bits per heavy atom. The van der Waals surface area contributed by atoms with E-state index in [-0.39, 0.29) is 11.3 Å². The third-order valence-corrected chi connectivity index (χ3v) is 6.20. The maximum Gasteiger partial charge on any atom is 0.271 e. The molecule has 1 atom stereocenters. The summed E-state index contributed by atoms with van der Waals surface area (Å²) in [6.45, 7) is 5.75. The Labute approximate surface area is 189 Å². The van der Waals surface area contributed by atoms with Crippen molar-refractivity contribution in [3.8, 4) is 10.6 Å². The Hall–Kier alpha value is -2.85. The van der Waals surface area contributed by atoms with Crippen LogP contribution < -0.4 is 10.0 Å². The number of carbonyl (C=O) groups is 1. The molecule has 2 aromatic carbocycles. The van der Waals surface area contributed by atoms with Crippen LogP contribution in [0.3, 0.4) is 0 Å². The first-order valence-electron chi connectivity index (χ1n) is 9.78. The van der Waals surface area contributed by atoms with Crippen LogP contribution in [0.15, 0.2) is 41.8 Å². The molecule has 0 aliphatic carbocycles. The van der Waals surface area contributed by atoms with Crippen molar-refractivity contribution >= 4 is 33.0 Å². The third-order valence-electron chi connectivity index (χ3n) is 4.74. The van der Waals surface area contributed by atoms with Crippen molar-refractivity contribution in [1.82, 2.24) is 10.3 Å². The maximum absolute atomic E-state index is 14.3. The number of thiazole rings is 1. The molecule has 3 rings (SSSR count). The van der Waals surface area contributed by atoms with Crippen LogP contribution in [0, 0.1) is 11.6 Å². The zero-order chi connectivity index (χ0) is 23.6. The van der Waals surface area contributed by atoms with Crippen LogP contribution in [0.25, 0.3) is 10.6 Å². The number of anilines is 1. The summed E-state index contributed by atoms with van der Waals surface area (Å²) in [6.07, 6.45) is 0.795. The fraction of sp³-hybridized carbons (Fsp3) is 0.273. The van der Waals surface area contributed by atoms with Crippen LogP contribution in [0.4, 0.5) is 14.5 Å². The Balaban J connectivity index is 1.76. The van der Waals surface area contributed by atoms with Gasteiger partial charge in [0.2, 0.25) is 10.0 Å². The van der Waals surface area contributed by atoms with Gasteiger partial charge >= 0.3 is 0 Å². The van der Waals surface area contributed by atoms with E-state index in [9.17, 15) is 22.0 Å². The maximum atomic E-state index is 14.3. The Morgan fingerprint density at radius 3 is 2.31 bits per heavy atom. The van der Waals surface area contributed by atoms with Crippen LogP contribution in [-0.2, 0) is 10.0 Å². The van der Waals surface area contributed by atoms with Crippen LogP contribution in [0.1, 0.15) is 54.3 Å². The van der Waals surface area contributed by atoms with E-state index in [0.29, 0.717) is 10.9 Å². The first kappa shape index (κ1) is 23.8. The lowest BCUT2D eigenvalue weighted by Crippen LogP contribution is -2.27. The molecule has 0 saturated heterocycles. The summed E-state index contributed by atoms with van der Waals surface area (Å²) in [4.78, 5) is 17.0. The molecule has 2 N–H and O–H groups in total. The fourth-order valence-corrected chi connectivity index (χ4v) is 4.38. The van der Waals surface area contributed by atoms with Crippen molar-refractivity contribution in [3.63, 3.8) is 0 Å². The molecule has 6 nitrogen and oxygen atoms in total. The van der Waals surface area contributed by atoms with E-state index in [2.05, 4.69) is 24.1 Å². The van der Waals surface area contributed by atoms with Gasteiger partial charge in [-0.15, -0.1) is 11.3 Å². The van der Waals surface area contributed by atoms with Crippen molar-refractivity contribution in [2.45, 2.75) is 32.7 Å². The SMILES string of the molecule is CC(C)c1cccc(-c2nc(C(=O)N[C@H](C)c3cc(F)c(NS(C)(=O)=O)c(F)c3)cs2)c1. The van der Waals surface area contributed by atoms with Gasteiger partial charge in [-0.2, -0.15) is 0 Å². The molecular weight excluding hydrogens is 456 g/mol. The number of benzene rings is 2. The molecule has 32 heavy (non-hydrogen) atoms. The van der Waals surface area contributed by atoms with Crippen LogP contribution in [0.2, 0.25) is 0 Å². The summed E-state index contributed by atoms with van der Waals surface area (Å²) < 4.78 is 52.9. The van der Waals surface area contributed by atoms with E-state index in [1.165, 1.54) is 11.3 Å². The second-order valence-electron chi connectivity index (χ2n) is 7.75. The largest absolute Gasteiger partial charge is 0.344 e. The van der Waals surface area contributed by atoms with E-state index in [1.54, 1.807) is 17.0 Å². The van der Waals surface area contributed by atoms with Crippen LogP contribution in [-0.4, -0.2) is 25.6 Å². The van der Waals surface area contributed by atoms with Gasteiger partial charge in [0.15, 0.2) is 11.6 Å². The average Bonchev–Trinajstić information content (AvgIpc) is 3.20. The normalized spacial score (nSPS) is 12.6. The van der Waals surface area contributed by atoms with Gasteiger partial charge in [0.05, 0.1) is 12.3 Å². The minimum atomic E-state index is -3.85. The van der Waals surface area contributed by atoms with E-state index in [0.717, 1.165) is 29.5 Å². The zero-order valence-electron chi connectivity index (χ0n) is 17.9. The van der Waals surface area contributed by atoms with Crippen LogP contribution >= 0.6 is 11.3 Å². The number of carbonyl (C=O) groups excluding carboxylic acids is 1. The van der Waals surface area contributed by atoms with Gasteiger partial charge in [-0.1, -0.05) is 32.0 Å². The molecule has 0 aliphatic rings. The van der Waals surface area contributed by atoms with E-state index >= 15 is 0 Å². The minimum Gasteiger partial charge on any atom is -0.344 e. The number of rotatable bonds is 7. The number of amides is 1. The standard InChI is InChI=1S/C22H23F2N3O3S2/c1-12(2)14-6-5-7-15(8-14)22-26-19(11-31-22)21(28)25-13(3)16-9-17(23)20(18(24)10-16)27-32(4,29)30/h5-13,27H,1-4H3,(H,25,28)/t13-/m1/s1. The molecule has 0 unspecified atom stereocenters. The Bertz CT molecular complexity index is 1230. The summed E-state index contributed by atoms with van der Waals surface area (Å²) >= 11 is 1.33. The predicted molar refractivity (Wildman–Crippen MR) is 122 cm³/mol. The third kappa shape index (κ3) is 5.68. The molecule has 1 aromatic heterocycles. The molecule has 10 heteroatoms. The number of hydrogen-bond acceptors (Lipinski definition) is 5. The highest BCUT2D eigenvalue weighted by atomic mass is 32.2. The Morgan fingerprint density at radius 2 is 1.72 bits per heavy atom. The Kier molecular flexibility index (Phi) is 6.94. The summed E-state index contributed by atoms with van der Waals surface area (Å²) in [6, 6.07) is 9.15. The van der Waals surface area contributed by atoms with Gasteiger partial charge in [-0.25, -0.2) is 22.2 Å². The zero-order valence-corrected chi connectivity index (χ0v) is 19.6. The molecule has 0 aliphatic heterocycles. The minimum absolute atomic E-state index is 0.146. The van der Waals surface area contributed by atoms with E-state index in [4.69, 9.17) is 0 Å². The predicted octanol–water partition coefficient (Wildman–Crippen LogP) is 5.07. The summed E-state index contributed by atoms with van der Waals surface area (Å²) in [5.41, 5.74) is 1.65. The fourth-order valence-electron chi connectivity index (χ4n) is 3.02. The molecule has 0 fully saturated rings.